The molecule has 2 aliphatic rings. The van der Waals surface area contributed by atoms with E-state index in [2.05, 4.69) is 0 Å². The smallest absolute Gasteiger partial charge is 0.230 e. The summed E-state index contributed by atoms with van der Waals surface area (Å²) in [5, 5.41) is 10.4. The number of nitrogens with zero attached hydrogens (tertiary/aromatic N) is 1. The molecule has 0 N–H and O–H groups in total. The second-order valence-electron chi connectivity index (χ2n) is 2.50. The predicted octanol–water partition coefficient (Wildman–Crippen LogP) is -1.43. The van der Waals surface area contributed by atoms with Crippen molar-refractivity contribution >= 4 is 23.6 Å². The SMILES string of the molecule is O=C([O-])C1[CH+]S[C@@H]2CC(=O)N12. The zero-order valence-corrected chi connectivity index (χ0v) is 6.34. The Balaban J connectivity index is 2.14. The Labute approximate surface area is 67.6 Å². The van der Waals surface area contributed by atoms with Gasteiger partial charge in [-0.2, -0.15) is 0 Å². The third-order valence-electron chi connectivity index (χ3n) is 1.85. The number of carbonyl (C=O) groups is 2. The first-order valence-corrected chi connectivity index (χ1v) is 4.15. The lowest BCUT2D eigenvalue weighted by molar-refractivity contribution is -0.310. The molecule has 0 spiro atoms. The van der Waals surface area contributed by atoms with Gasteiger partial charge in [0.1, 0.15) is 11.3 Å². The Kier molecular flexibility index (Phi) is 1.29. The van der Waals surface area contributed by atoms with Crippen LogP contribution < -0.4 is 5.11 Å². The summed E-state index contributed by atoms with van der Waals surface area (Å²) in [7, 11) is 0. The highest BCUT2D eigenvalue weighted by molar-refractivity contribution is 8.02. The maximum atomic E-state index is 10.8. The van der Waals surface area contributed by atoms with Gasteiger partial charge in [0.25, 0.3) is 0 Å². The summed E-state index contributed by atoms with van der Waals surface area (Å²) in [6.07, 6.45) is 0.463. The van der Waals surface area contributed by atoms with Crippen LogP contribution in [0.15, 0.2) is 0 Å². The first-order valence-electron chi connectivity index (χ1n) is 3.21. The summed E-state index contributed by atoms with van der Waals surface area (Å²) in [6.45, 7) is 0. The van der Waals surface area contributed by atoms with E-state index in [9.17, 15) is 14.7 Å². The average Bonchev–Trinajstić information content (AvgIpc) is 2.25. The zero-order chi connectivity index (χ0) is 8.01. The number of carboxylic acid groups (broad SMARTS) is 1. The molecule has 0 bridgehead atoms. The molecule has 2 saturated heterocycles. The van der Waals surface area contributed by atoms with E-state index in [1.165, 1.54) is 16.7 Å². The lowest BCUT2D eigenvalue weighted by atomic mass is 10.1. The summed E-state index contributed by atoms with van der Waals surface area (Å²) in [5.74, 6) is 0.267. The number of hydrogen-bond acceptors (Lipinski definition) is 4. The number of hydrogen-bond donors (Lipinski definition) is 0. The fourth-order valence-electron chi connectivity index (χ4n) is 1.25. The monoisotopic (exact) mass is 171 g/mol. The van der Waals surface area contributed by atoms with Crippen LogP contribution in [-0.4, -0.2) is 28.2 Å². The zero-order valence-electron chi connectivity index (χ0n) is 5.52. The van der Waals surface area contributed by atoms with Crippen LogP contribution in [0.1, 0.15) is 6.42 Å². The van der Waals surface area contributed by atoms with Gasteiger partial charge < -0.3 is 9.90 Å². The van der Waals surface area contributed by atoms with E-state index in [4.69, 9.17) is 0 Å². The lowest BCUT2D eigenvalue weighted by Crippen LogP contribution is -2.56. The molecular weight excluding hydrogens is 166 g/mol. The molecule has 0 aromatic carbocycles. The molecule has 2 rings (SSSR count). The summed E-state index contributed by atoms with van der Waals surface area (Å²) in [5.41, 5.74) is 0. The molecule has 0 saturated carbocycles. The van der Waals surface area contributed by atoms with E-state index in [0.29, 0.717) is 6.42 Å². The van der Waals surface area contributed by atoms with Gasteiger partial charge in [0, 0.05) is 0 Å². The summed E-state index contributed by atoms with van der Waals surface area (Å²) in [6, 6.07) is -0.800. The summed E-state index contributed by atoms with van der Waals surface area (Å²) >= 11 is 1.39. The van der Waals surface area contributed by atoms with Gasteiger partial charge in [-0.05, 0) is 0 Å². The van der Waals surface area contributed by atoms with Crippen LogP contribution in [-0.2, 0) is 9.59 Å². The minimum absolute atomic E-state index is 0.0606. The molecule has 2 aliphatic heterocycles. The Morgan fingerprint density at radius 3 is 3.00 bits per heavy atom. The van der Waals surface area contributed by atoms with Crippen LogP contribution in [0.4, 0.5) is 0 Å². The van der Waals surface area contributed by atoms with Gasteiger partial charge in [-0.3, -0.25) is 9.69 Å². The fourth-order valence-corrected chi connectivity index (χ4v) is 2.44. The molecule has 0 radical (unpaired) electrons. The Hall–Kier alpha value is -0.840. The summed E-state index contributed by atoms with van der Waals surface area (Å²) < 4.78 is 0. The van der Waals surface area contributed by atoms with Crippen molar-refractivity contribution in [3.05, 3.63) is 5.75 Å². The van der Waals surface area contributed by atoms with Crippen molar-refractivity contribution in [1.82, 2.24) is 4.90 Å². The van der Waals surface area contributed by atoms with Crippen molar-refractivity contribution in [1.29, 1.82) is 0 Å². The first-order chi connectivity index (χ1) is 5.20. The van der Waals surface area contributed by atoms with Crippen LogP contribution in [0.2, 0.25) is 0 Å². The molecule has 0 aromatic heterocycles. The summed E-state index contributed by atoms with van der Waals surface area (Å²) in [4.78, 5) is 22.6. The van der Waals surface area contributed by atoms with Gasteiger partial charge in [-0.15, -0.1) is 0 Å². The van der Waals surface area contributed by atoms with Crippen molar-refractivity contribution in [2.45, 2.75) is 17.8 Å². The quantitative estimate of drug-likeness (QED) is 0.358. The van der Waals surface area contributed by atoms with E-state index in [0.717, 1.165) is 0 Å². The van der Waals surface area contributed by atoms with E-state index in [1.807, 2.05) is 0 Å². The molecule has 2 fully saturated rings. The standard InChI is InChI=1S/C6H5NO3S/c8-4-1-5-7(4)3(2-11-5)6(9)10/h2-3,5H,1H2/t3?,5-/m1/s1. The minimum Gasteiger partial charge on any atom is -0.543 e. The van der Waals surface area contributed by atoms with Gasteiger partial charge in [0.15, 0.2) is 5.75 Å². The minimum atomic E-state index is -1.19. The van der Waals surface area contributed by atoms with Gasteiger partial charge in [-0.25, -0.2) is 0 Å². The van der Waals surface area contributed by atoms with Crippen molar-refractivity contribution < 1.29 is 14.7 Å². The van der Waals surface area contributed by atoms with Crippen molar-refractivity contribution in [3.63, 3.8) is 0 Å². The molecule has 58 valence electrons. The number of β-lactam (4-membered cyclic amide) rings is 1. The molecule has 1 amide bonds. The Morgan fingerprint density at radius 1 is 1.82 bits per heavy atom. The highest BCUT2D eigenvalue weighted by Gasteiger charge is 2.54. The molecule has 11 heavy (non-hydrogen) atoms. The van der Waals surface area contributed by atoms with Crippen LogP contribution in [0.3, 0.4) is 0 Å². The molecule has 2 heterocycles. The molecule has 2 atom stereocenters. The second-order valence-corrected chi connectivity index (χ2v) is 3.58. The van der Waals surface area contributed by atoms with Crippen LogP contribution in [0, 0.1) is 5.75 Å². The van der Waals surface area contributed by atoms with Crippen molar-refractivity contribution in [2.75, 3.05) is 0 Å². The topological polar surface area (TPSA) is 60.4 Å². The number of amides is 1. The fraction of sp³-hybridized carbons (Fsp3) is 0.500. The Morgan fingerprint density at radius 2 is 2.55 bits per heavy atom. The third kappa shape index (κ3) is 0.805. The van der Waals surface area contributed by atoms with Crippen molar-refractivity contribution in [3.8, 4) is 0 Å². The van der Waals surface area contributed by atoms with Crippen LogP contribution >= 0.6 is 11.8 Å². The number of rotatable bonds is 1. The molecule has 1 unspecified atom stereocenters. The normalized spacial score (nSPS) is 34.2. The number of thioether (sulfide) groups is 1. The maximum Gasteiger partial charge on any atom is 0.230 e. The van der Waals surface area contributed by atoms with Gasteiger partial charge in [0.2, 0.25) is 11.9 Å². The highest BCUT2D eigenvalue weighted by atomic mass is 32.2. The van der Waals surface area contributed by atoms with E-state index < -0.39 is 12.0 Å². The van der Waals surface area contributed by atoms with Gasteiger partial charge in [0.05, 0.1) is 18.2 Å². The molecule has 5 heteroatoms. The number of carbonyl (C=O) groups excluding carboxylic acids is 2. The molecular formula is C6H5NO3S. The maximum absolute atomic E-state index is 10.8. The largest absolute Gasteiger partial charge is 0.543 e. The van der Waals surface area contributed by atoms with Crippen molar-refractivity contribution in [2.24, 2.45) is 0 Å². The highest BCUT2D eigenvalue weighted by Crippen LogP contribution is 2.41. The van der Waals surface area contributed by atoms with E-state index in [1.54, 1.807) is 5.75 Å². The Bertz CT molecular complexity index is 222. The number of aliphatic carboxylic acids is 1. The lowest BCUT2D eigenvalue weighted by Gasteiger charge is -2.32. The van der Waals surface area contributed by atoms with E-state index in [-0.39, 0.29) is 11.3 Å². The number of carboxylic acids is 1. The molecule has 4 nitrogen and oxygen atoms in total. The van der Waals surface area contributed by atoms with Gasteiger partial charge in [-0.1, -0.05) is 0 Å². The van der Waals surface area contributed by atoms with E-state index >= 15 is 0 Å². The van der Waals surface area contributed by atoms with Gasteiger partial charge >= 0.3 is 0 Å². The third-order valence-corrected chi connectivity index (χ3v) is 2.98. The average molecular weight is 171 g/mol. The first kappa shape index (κ1) is 6.84. The van der Waals surface area contributed by atoms with Crippen LogP contribution in [0.25, 0.3) is 0 Å². The second kappa shape index (κ2) is 2.07. The number of fused-ring (bicyclic) bond motifs is 1. The predicted molar refractivity (Wildman–Crippen MR) is 35.9 cm³/mol. The molecule has 0 aliphatic carbocycles. The van der Waals surface area contributed by atoms with Crippen LogP contribution in [0.5, 0.6) is 0 Å². The molecule has 0 aromatic rings.